The quantitative estimate of drug-likeness (QED) is 0.192. The summed E-state index contributed by atoms with van der Waals surface area (Å²) in [5.74, 6) is 0.329. The molecule has 0 saturated carbocycles. The van der Waals surface area contributed by atoms with E-state index in [9.17, 15) is 14.9 Å². The minimum atomic E-state index is -0.655. The van der Waals surface area contributed by atoms with E-state index in [0.29, 0.717) is 39.3 Å². The first kappa shape index (κ1) is 21.3. The van der Waals surface area contributed by atoms with Crippen LogP contribution >= 0.6 is 15.9 Å². The lowest BCUT2D eigenvalue weighted by molar-refractivity contribution is -0.385. The first-order valence-electron chi connectivity index (χ1n) is 8.74. The van der Waals surface area contributed by atoms with Gasteiger partial charge in [-0.3, -0.25) is 10.1 Å². The maximum absolute atomic E-state index is 12.3. The standard InChI is InChI=1S/C21H17BrN2O6/c1-4-8-29-19-15(22)9-13(11-18(19)28-3)10-16-21(25)30-20(23-16)14-6-5-7-17(12(14)2)24(26)27/h4-7,9-11H,1,8H2,2-3H3/b16-10-. The monoisotopic (exact) mass is 472 g/mol. The van der Waals surface area contributed by atoms with Gasteiger partial charge in [0.15, 0.2) is 17.2 Å². The molecule has 0 fully saturated rings. The van der Waals surface area contributed by atoms with Crippen molar-refractivity contribution in [1.29, 1.82) is 0 Å². The third-order valence-corrected chi connectivity index (χ3v) is 4.84. The predicted octanol–water partition coefficient (Wildman–Crippen LogP) is 4.58. The molecule has 0 bridgehead atoms. The molecule has 0 aromatic heterocycles. The number of carbonyl (C=O) groups is 1. The molecule has 0 atom stereocenters. The summed E-state index contributed by atoms with van der Waals surface area (Å²) in [5, 5.41) is 11.2. The van der Waals surface area contributed by atoms with Crippen molar-refractivity contribution in [3.05, 3.63) is 80.0 Å². The molecule has 0 unspecified atom stereocenters. The van der Waals surface area contributed by atoms with Gasteiger partial charge in [-0.2, -0.15) is 0 Å². The van der Waals surface area contributed by atoms with Crippen LogP contribution in [0.15, 0.2) is 58.1 Å². The number of halogens is 1. The summed E-state index contributed by atoms with van der Waals surface area (Å²) in [5.41, 5.74) is 1.35. The van der Waals surface area contributed by atoms with Crippen molar-refractivity contribution in [2.45, 2.75) is 6.92 Å². The highest BCUT2D eigenvalue weighted by atomic mass is 79.9. The van der Waals surface area contributed by atoms with E-state index < -0.39 is 10.9 Å². The van der Waals surface area contributed by atoms with E-state index in [1.54, 1.807) is 31.2 Å². The van der Waals surface area contributed by atoms with Gasteiger partial charge in [0, 0.05) is 17.2 Å². The van der Waals surface area contributed by atoms with Crippen molar-refractivity contribution in [3.8, 4) is 11.5 Å². The Bertz CT molecular complexity index is 1110. The van der Waals surface area contributed by atoms with Gasteiger partial charge in [-0.05, 0) is 52.7 Å². The normalized spacial score (nSPS) is 14.3. The van der Waals surface area contributed by atoms with Crippen molar-refractivity contribution >= 4 is 39.6 Å². The predicted molar refractivity (Wildman–Crippen MR) is 115 cm³/mol. The van der Waals surface area contributed by atoms with E-state index in [0.717, 1.165) is 0 Å². The second kappa shape index (κ2) is 8.91. The fraction of sp³-hybridized carbons (Fsp3) is 0.143. The molecular weight excluding hydrogens is 456 g/mol. The molecular formula is C21H17BrN2O6. The van der Waals surface area contributed by atoms with E-state index in [-0.39, 0.29) is 17.3 Å². The molecule has 3 rings (SSSR count). The molecule has 1 aliphatic heterocycles. The van der Waals surface area contributed by atoms with Crippen molar-refractivity contribution in [1.82, 2.24) is 0 Å². The number of esters is 1. The Morgan fingerprint density at radius 1 is 1.37 bits per heavy atom. The first-order valence-corrected chi connectivity index (χ1v) is 9.53. The molecule has 8 nitrogen and oxygen atoms in total. The lowest BCUT2D eigenvalue weighted by Gasteiger charge is -2.12. The van der Waals surface area contributed by atoms with Gasteiger partial charge < -0.3 is 14.2 Å². The lowest BCUT2D eigenvalue weighted by Crippen LogP contribution is -2.08. The summed E-state index contributed by atoms with van der Waals surface area (Å²) in [6.45, 7) is 5.50. The van der Waals surface area contributed by atoms with E-state index in [2.05, 4.69) is 27.5 Å². The van der Waals surface area contributed by atoms with Crippen LogP contribution in [0.4, 0.5) is 5.69 Å². The van der Waals surface area contributed by atoms with Crippen molar-refractivity contribution in [2.24, 2.45) is 4.99 Å². The summed E-state index contributed by atoms with van der Waals surface area (Å²) in [7, 11) is 1.50. The van der Waals surface area contributed by atoms with Gasteiger partial charge in [0.25, 0.3) is 5.69 Å². The topological polar surface area (TPSA) is 100 Å². The molecule has 0 N–H and O–H groups in total. The Kier molecular flexibility index (Phi) is 6.31. The van der Waals surface area contributed by atoms with Gasteiger partial charge in [-0.1, -0.05) is 18.7 Å². The molecule has 2 aromatic carbocycles. The lowest BCUT2D eigenvalue weighted by atomic mass is 10.1. The maximum atomic E-state index is 12.3. The molecule has 0 aliphatic carbocycles. The largest absolute Gasteiger partial charge is 0.493 e. The summed E-state index contributed by atoms with van der Waals surface area (Å²) in [6, 6.07) is 7.95. The van der Waals surface area contributed by atoms with Crippen LogP contribution in [0, 0.1) is 17.0 Å². The highest BCUT2D eigenvalue weighted by molar-refractivity contribution is 9.10. The van der Waals surface area contributed by atoms with Crippen LogP contribution in [0.2, 0.25) is 0 Å². The first-order chi connectivity index (χ1) is 14.3. The van der Waals surface area contributed by atoms with E-state index in [1.807, 2.05) is 0 Å². The number of cyclic esters (lactones) is 1. The van der Waals surface area contributed by atoms with Gasteiger partial charge in [-0.25, -0.2) is 9.79 Å². The molecule has 2 aromatic rings. The molecule has 0 radical (unpaired) electrons. The third-order valence-electron chi connectivity index (χ3n) is 4.25. The van der Waals surface area contributed by atoms with Gasteiger partial charge in [-0.15, -0.1) is 0 Å². The van der Waals surface area contributed by atoms with Gasteiger partial charge in [0.1, 0.15) is 6.61 Å². The average molecular weight is 473 g/mol. The number of nitro benzene ring substituents is 1. The van der Waals surface area contributed by atoms with Crippen LogP contribution in [-0.4, -0.2) is 30.5 Å². The Morgan fingerprint density at radius 3 is 2.80 bits per heavy atom. The van der Waals surface area contributed by atoms with Crippen LogP contribution in [-0.2, 0) is 9.53 Å². The number of nitrogens with zero attached hydrogens (tertiary/aromatic N) is 2. The fourth-order valence-corrected chi connectivity index (χ4v) is 3.41. The number of hydrogen-bond donors (Lipinski definition) is 0. The average Bonchev–Trinajstić information content (AvgIpc) is 3.06. The van der Waals surface area contributed by atoms with E-state index in [1.165, 1.54) is 25.3 Å². The number of carbonyl (C=O) groups excluding carboxylic acids is 1. The number of rotatable bonds is 7. The number of ether oxygens (including phenoxy) is 3. The molecule has 0 spiro atoms. The zero-order chi connectivity index (χ0) is 21.8. The third kappa shape index (κ3) is 4.25. The van der Waals surface area contributed by atoms with E-state index >= 15 is 0 Å². The maximum Gasteiger partial charge on any atom is 0.363 e. The minimum absolute atomic E-state index is 0.0180. The van der Waals surface area contributed by atoms with Gasteiger partial charge >= 0.3 is 5.97 Å². The smallest absolute Gasteiger partial charge is 0.363 e. The van der Waals surface area contributed by atoms with Crippen LogP contribution in [0.1, 0.15) is 16.7 Å². The SMILES string of the molecule is C=CCOc1c(Br)cc(/C=C2\N=C(c3cccc([N+](=O)[O-])c3C)OC2=O)cc1OC. The summed E-state index contributed by atoms with van der Waals surface area (Å²) in [6.07, 6.45) is 3.15. The number of aliphatic imine (C=N–C) groups is 1. The number of nitro groups is 1. The second-order valence-corrected chi connectivity index (χ2v) is 7.03. The van der Waals surface area contributed by atoms with Crippen molar-refractivity contribution in [2.75, 3.05) is 13.7 Å². The highest BCUT2D eigenvalue weighted by Crippen LogP contribution is 2.37. The Morgan fingerprint density at radius 2 is 2.13 bits per heavy atom. The van der Waals surface area contributed by atoms with Crippen molar-refractivity contribution < 1.29 is 23.9 Å². The van der Waals surface area contributed by atoms with Crippen LogP contribution in [0.5, 0.6) is 11.5 Å². The molecule has 154 valence electrons. The molecule has 0 amide bonds. The van der Waals surface area contributed by atoms with Crippen LogP contribution < -0.4 is 9.47 Å². The molecule has 30 heavy (non-hydrogen) atoms. The summed E-state index contributed by atoms with van der Waals surface area (Å²) in [4.78, 5) is 27.2. The van der Waals surface area contributed by atoms with Crippen molar-refractivity contribution in [3.63, 3.8) is 0 Å². The fourth-order valence-electron chi connectivity index (χ4n) is 2.84. The molecule has 1 aliphatic rings. The van der Waals surface area contributed by atoms with E-state index in [4.69, 9.17) is 14.2 Å². The summed E-state index contributed by atoms with van der Waals surface area (Å²) >= 11 is 3.43. The van der Waals surface area contributed by atoms with Crippen LogP contribution in [0.25, 0.3) is 6.08 Å². The van der Waals surface area contributed by atoms with Crippen LogP contribution in [0.3, 0.4) is 0 Å². The number of hydrogen-bond acceptors (Lipinski definition) is 7. The summed E-state index contributed by atoms with van der Waals surface area (Å²) < 4.78 is 16.8. The number of benzene rings is 2. The Labute approximate surface area is 180 Å². The molecule has 0 saturated heterocycles. The number of methoxy groups -OCH3 is 1. The zero-order valence-electron chi connectivity index (χ0n) is 16.2. The van der Waals surface area contributed by atoms with Gasteiger partial charge in [0.2, 0.25) is 5.90 Å². The molecule has 9 heteroatoms. The zero-order valence-corrected chi connectivity index (χ0v) is 17.8. The Hall–Kier alpha value is -3.46. The Balaban J connectivity index is 1.99. The second-order valence-electron chi connectivity index (χ2n) is 6.18. The minimum Gasteiger partial charge on any atom is -0.493 e. The van der Waals surface area contributed by atoms with Gasteiger partial charge in [0.05, 0.1) is 16.5 Å². The highest BCUT2D eigenvalue weighted by Gasteiger charge is 2.27. The molecule has 1 heterocycles.